The van der Waals surface area contributed by atoms with Crippen molar-refractivity contribution in [2.45, 2.75) is 19.5 Å². The lowest BCUT2D eigenvalue weighted by molar-refractivity contribution is -0.115. The van der Waals surface area contributed by atoms with Crippen LogP contribution in [0.5, 0.6) is 0 Å². The molecule has 0 spiro atoms. The molecule has 0 bridgehead atoms. The van der Waals surface area contributed by atoms with Gasteiger partial charge in [-0.1, -0.05) is 12.1 Å². The number of rotatable bonds is 3. The number of fused-ring (bicyclic) bond motifs is 1. The maximum Gasteiger partial charge on any atom is 0.230 e. The largest absolute Gasteiger partial charge is 0.326 e. The molecule has 1 aromatic heterocycles. The Morgan fingerprint density at radius 1 is 1.25 bits per heavy atom. The first-order valence-electron chi connectivity index (χ1n) is 6.71. The third-order valence-electron chi connectivity index (χ3n) is 3.44. The van der Waals surface area contributed by atoms with Gasteiger partial charge in [0.25, 0.3) is 0 Å². The predicted octanol–water partition coefficient (Wildman–Crippen LogP) is 2.21. The van der Waals surface area contributed by atoms with Crippen LogP contribution in [0, 0.1) is 0 Å². The van der Waals surface area contributed by atoms with E-state index in [0.717, 1.165) is 24.5 Å². The van der Waals surface area contributed by atoms with Crippen molar-refractivity contribution in [2.75, 3.05) is 12.4 Å². The normalized spacial score (nSPS) is 14.1. The van der Waals surface area contributed by atoms with Crippen LogP contribution in [-0.2, 0) is 24.3 Å². The van der Waals surface area contributed by atoms with Crippen molar-refractivity contribution in [3.05, 3.63) is 59.4 Å². The zero-order valence-electron chi connectivity index (χ0n) is 11.5. The van der Waals surface area contributed by atoms with Gasteiger partial charge < -0.3 is 5.32 Å². The number of benzene rings is 1. The lowest BCUT2D eigenvalue weighted by atomic mass is 10.1. The fourth-order valence-corrected chi connectivity index (χ4v) is 2.51. The summed E-state index contributed by atoms with van der Waals surface area (Å²) in [7, 11) is 2.10. The molecule has 4 nitrogen and oxygen atoms in total. The molecular formula is C16H17N3O. The van der Waals surface area contributed by atoms with Gasteiger partial charge >= 0.3 is 0 Å². The molecule has 0 saturated carbocycles. The number of hydrogen-bond donors (Lipinski definition) is 1. The summed E-state index contributed by atoms with van der Waals surface area (Å²) in [6, 6.07) is 11.7. The minimum atomic E-state index is -0.0324. The van der Waals surface area contributed by atoms with Crippen molar-refractivity contribution in [3.63, 3.8) is 0 Å². The Bertz CT molecular complexity index is 625. The Morgan fingerprint density at radius 2 is 2.10 bits per heavy atom. The highest BCUT2D eigenvalue weighted by atomic mass is 16.1. The van der Waals surface area contributed by atoms with Crippen LogP contribution in [0.2, 0.25) is 0 Å². The van der Waals surface area contributed by atoms with E-state index < -0.39 is 0 Å². The summed E-state index contributed by atoms with van der Waals surface area (Å²) in [5.74, 6) is -0.0324. The number of carbonyl (C=O) groups excluding carboxylic acids is 1. The number of nitrogens with zero attached hydrogens (tertiary/aromatic N) is 2. The molecule has 1 aliphatic rings. The third kappa shape index (κ3) is 2.86. The van der Waals surface area contributed by atoms with Crippen molar-refractivity contribution in [2.24, 2.45) is 0 Å². The molecule has 2 heterocycles. The van der Waals surface area contributed by atoms with E-state index >= 15 is 0 Å². The van der Waals surface area contributed by atoms with Crippen molar-refractivity contribution in [3.8, 4) is 0 Å². The number of carbonyl (C=O) groups is 1. The maximum absolute atomic E-state index is 12.0. The SMILES string of the molecule is CN1Cc2ccc(NC(=O)Cc3ccccn3)cc2C1. The summed E-state index contributed by atoms with van der Waals surface area (Å²) in [4.78, 5) is 18.4. The molecule has 0 fully saturated rings. The number of aromatic nitrogens is 1. The quantitative estimate of drug-likeness (QED) is 0.927. The van der Waals surface area contributed by atoms with E-state index in [4.69, 9.17) is 0 Å². The highest BCUT2D eigenvalue weighted by Crippen LogP contribution is 2.24. The summed E-state index contributed by atoms with van der Waals surface area (Å²) >= 11 is 0. The molecule has 2 aromatic rings. The molecule has 102 valence electrons. The highest BCUT2D eigenvalue weighted by Gasteiger charge is 2.16. The molecule has 0 saturated heterocycles. The van der Waals surface area contributed by atoms with Gasteiger partial charge in [-0.3, -0.25) is 14.7 Å². The van der Waals surface area contributed by atoms with Crippen molar-refractivity contribution < 1.29 is 4.79 Å². The van der Waals surface area contributed by atoms with E-state index in [1.807, 2.05) is 24.3 Å². The fraction of sp³-hybridized carbons (Fsp3) is 0.250. The van der Waals surface area contributed by atoms with Crippen molar-refractivity contribution >= 4 is 11.6 Å². The van der Waals surface area contributed by atoms with E-state index in [2.05, 4.69) is 34.4 Å². The Kier molecular flexibility index (Phi) is 3.48. The van der Waals surface area contributed by atoms with Crippen molar-refractivity contribution in [1.82, 2.24) is 9.88 Å². The smallest absolute Gasteiger partial charge is 0.230 e. The molecule has 0 atom stereocenters. The van der Waals surface area contributed by atoms with Gasteiger partial charge in [0.15, 0.2) is 0 Å². The summed E-state index contributed by atoms with van der Waals surface area (Å²) in [6.07, 6.45) is 2.01. The first-order chi connectivity index (χ1) is 9.70. The molecule has 0 radical (unpaired) electrons. The average Bonchev–Trinajstić information content (AvgIpc) is 2.79. The topological polar surface area (TPSA) is 45.2 Å². The molecule has 0 aliphatic carbocycles. The Labute approximate surface area is 118 Å². The van der Waals surface area contributed by atoms with E-state index in [-0.39, 0.29) is 5.91 Å². The lowest BCUT2D eigenvalue weighted by Gasteiger charge is -2.07. The number of amides is 1. The second kappa shape index (κ2) is 5.43. The molecule has 1 amide bonds. The second-order valence-corrected chi connectivity index (χ2v) is 5.20. The summed E-state index contributed by atoms with van der Waals surface area (Å²) in [5, 5.41) is 2.94. The average molecular weight is 267 g/mol. The van der Waals surface area contributed by atoms with E-state index in [9.17, 15) is 4.79 Å². The first-order valence-corrected chi connectivity index (χ1v) is 6.71. The van der Waals surface area contributed by atoms with Gasteiger partial charge in [0.2, 0.25) is 5.91 Å². The number of hydrogen-bond acceptors (Lipinski definition) is 3. The van der Waals surface area contributed by atoms with Crippen LogP contribution in [0.4, 0.5) is 5.69 Å². The standard InChI is InChI=1S/C16H17N3O/c1-19-10-12-5-6-15(8-13(12)11-19)18-16(20)9-14-4-2-3-7-17-14/h2-8H,9-11H2,1H3,(H,18,20). The Morgan fingerprint density at radius 3 is 2.90 bits per heavy atom. The zero-order chi connectivity index (χ0) is 13.9. The second-order valence-electron chi connectivity index (χ2n) is 5.20. The maximum atomic E-state index is 12.0. The molecule has 1 aliphatic heterocycles. The predicted molar refractivity (Wildman–Crippen MR) is 78.2 cm³/mol. The van der Waals surface area contributed by atoms with Gasteiger partial charge in [-0.25, -0.2) is 0 Å². The van der Waals surface area contributed by atoms with Gasteiger partial charge in [-0.05, 0) is 42.4 Å². The molecule has 1 N–H and O–H groups in total. The van der Waals surface area contributed by atoms with Gasteiger partial charge in [0, 0.05) is 30.7 Å². The highest BCUT2D eigenvalue weighted by molar-refractivity contribution is 5.92. The molecule has 3 rings (SSSR count). The number of pyridine rings is 1. The Balaban J connectivity index is 1.66. The van der Waals surface area contributed by atoms with Gasteiger partial charge in [0.1, 0.15) is 0 Å². The summed E-state index contributed by atoms with van der Waals surface area (Å²) < 4.78 is 0. The monoisotopic (exact) mass is 267 g/mol. The van der Waals surface area contributed by atoms with Crippen molar-refractivity contribution in [1.29, 1.82) is 0 Å². The number of nitrogens with one attached hydrogen (secondary N) is 1. The van der Waals surface area contributed by atoms with Crippen LogP contribution < -0.4 is 5.32 Å². The molecular weight excluding hydrogens is 250 g/mol. The zero-order valence-corrected chi connectivity index (χ0v) is 11.5. The molecule has 20 heavy (non-hydrogen) atoms. The minimum absolute atomic E-state index is 0.0324. The Hall–Kier alpha value is -2.20. The van der Waals surface area contributed by atoms with Gasteiger partial charge in [-0.2, -0.15) is 0 Å². The molecule has 4 heteroatoms. The molecule has 0 unspecified atom stereocenters. The van der Waals surface area contributed by atoms with E-state index in [0.29, 0.717) is 6.42 Å². The first kappa shape index (κ1) is 12.8. The lowest BCUT2D eigenvalue weighted by Crippen LogP contribution is -2.15. The third-order valence-corrected chi connectivity index (χ3v) is 3.44. The van der Waals surface area contributed by atoms with Gasteiger partial charge in [-0.15, -0.1) is 0 Å². The molecule has 1 aromatic carbocycles. The van der Waals surface area contributed by atoms with Crippen LogP contribution >= 0.6 is 0 Å². The van der Waals surface area contributed by atoms with E-state index in [1.165, 1.54) is 11.1 Å². The summed E-state index contributed by atoms with van der Waals surface area (Å²) in [5.41, 5.74) is 4.28. The van der Waals surface area contributed by atoms with Crippen LogP contribution in [-0.4, -0.2) is 22.8 Å². The number of anilines is 1. The van der Waals surface area contributed by atoms with Crippen LogP contribution in [0.25, 0.3) is 0 Å². The van der Waals surface area contributed by atoms with Crippen LogP contribution in [0.1, 0.15) is 16.8 Å². The van der Waals surface area contributed by atoms with Gasteiger partial charge in [0.05, 0.1) is 6.42 Å². The van der Waals surface area contributed by atoms with Crippen LogP contribution in [0.3, 0.4) is 0 Å². The minimum Gasteiger partial charge on any atom is -0.326 e. The van der Waals surface area contributed by atoms with Crippen LogP contribution in [0.15, 0.2) is 42.6 Å². The fourth-order valence-electron chi connectivity index (χ4n) is 2.51. The summed E-state index contributed by atoms with van der Waals surface area (Å²) in [6.45, 7) is 1.93. The van der Waals surface area contributed by atoms with E-state index in [1.54, 1.807) is 6.20 Å².